The van der Waals surface area contributed by atoms with Gasteiger partial charge in [0.15, 0.2) is 0 Å². The molecule has 4 rings (SSSR count). The summed E-state index contributed by atoms with van der Waals surface area (Å²) < 4.78 is 5.29. The lowest BCUT2D eigenvalue weighted by Gasteiger charge is -2.13. The van der Waals surface area contributed by atoms with Crippen molar-refractivity contribution in [1.29, 1.82) is 0 Å². The average Bonchev–Trinajstić information content (AvgIpc) is 2.99. The molecule has 0 N–H and O–H groups in total. The molecule has 144 valence electrons. The molecule has 3 aromatic carbocycles. The lowest BCUT2D eigenvalue weighted by Crippen LogP contribution is -2.29. The number of hydrogen-bond acceptors (Lipinski definition) is 4. The van der Waals surface area contributed by atoms with Crippen molar-refractivity contribution in [3.8, 4) is 0 Å². The summed E-state index contributed by atoms with van der Waals surface area (Å²) >= 11 is 11.8. The number of amides is 2. The van der Waals surface area contributed by atoms with E-state index in [-0.39, 0.29) is 23.3 Å². The first-order valence-corrected chi connectivity index (χ1v) is 9.40. The third-order valence-corrected chi connectivity index (χ3v) is 5.23. The van der Waals surface area contributed by atoms with Gasteiger partial charge in [0.2, 0.25) is 0 Å². The quantitative estimate of drug-likeness (QED) is 0.428. The van der Waals surface area contributed by atoms with Crippen LogP contribution in [0.1, 0.15) is 36.6 Å². The van der Waals surface area contributed by atoms with E-state index in [1.807, 2.05) is 0 Å². The number of carbonyl (C=O) groups excluding carboxylic acids is 3. The zero-order chi connectivity index (χ0) is 20.5. The van der Waals surface area contributed by atoms with Crippen molar-refractivity contribution < 1.29 is 19.1 Å². The second-order valence-electron chi connectivity index (χ2n) is 6.37. The van der Waals surface area contributed by atoms with Crippen molar-refractivity contribution in [2.75, 3.05) is 4.90 Å². The molecule has 0 aliphatic carbocycles. The lowest BCUT2D eigenvalue weighted by atomic mass is 10.1. The smallest absolute Gasteiger partial charge is 0.338 e. The molecular weight excluding hydrogens is 413 g/mol. The fourth-order valence-electron chi connectivity index (χ4n) is 3.04. The van der Waals surface area contributed by atoms with Gasteiger partial charge >= 0.3 is 5.97 Å². The number of ether oxygens (including phenoxy) is 1. The molecule has 3 aromatic rings. The highest BCUT2D eigenvalue weighted by molar-refractivity contribution is 6.42. The Morgan fingerprint density at radius 2 is 1.55 bits per heavy atom. The van der Waals surface area contributed by atoms with Crippen LogP contribution in [0, 0.1) is 0 Å². The molecule has 29 heavy (non-hydrogen) atoms. The highest BCUT2D eigenvalue weighted by atomic mass is 35.5. The van der Waals surface area contributed by atoms with Crippen molar-refractivity contribution in [1.82, 2.24) is 0 Å². The number of benzene rings is 3. The van der Waals surface area contributed by atoms with Crippen LogP contribution in [0.5, 0.6) is 0 Å². The summed E-state index contributed by atoms with van der Waals surface area (Å²) in [5.41, 5.74) is 1.75. The summed E-state index contributed by atoms with van der Waals surface area (Å²) in [4.78, 5) is 38.9. The minimum atomic E-state index is -0.614. The van der Waals surface area contributed by atoms with Crippen molar-refractivity contribution >= 4 is 46.7 Å². The third-order valence-electron chi connectivity index (χ3n) is 4.49. The Balaban J connectivity index is 1.54. The number of esters is 1. The molecule has 0 radical (unpaired) electrons. The maximum Gasteiger partial charge on any atom is 0.338 e. The van der Waals surface area contributed by atoms with E-state index in [9.17, 15) is 14.4 Å². The Kier molecular flexibility index (Phi) is 5.09. The molecule has 0 bridgehead atoms. The molecule has 1 aliphatic rings. The molecular formula is C22H13Cl2NO4. The van der Waals surface area contributed by atoms with Crippen molar-refractivity contribution in [2.45, 2.75) is 6.61 Å². The van der Waals surface area contributed by atoms with Crippen molar-refractivity contribution in [3.05, 3.63) is 99.0 Å². The molecule has 0 saturated heterocycles. The molecule has 1 aliphatic heterocycles. The van der Waals surface area contributed by atoms with Crippen LogP contribution in [0.25, 0.3) is 0 Å². The van der Waals surface area contributed by atoms with E-state index in [1.54, 1.807) is 48.5 Å². The van der Waals surface area contributed by atoms with E-state index in [1.165, 1.54) is 18.2 Å². The largest absolute Gasteiger partial charge is 0.457 e. The summed E-state index contributed by atoms with van der Waals surface area (Å²) in [6.07, 6.45) is 0. The summed E-state index contributed by atoms with van der Waals surface area (Å²) in [5, 5.41) is 0.773. The first-order chi connectivity index (χ1) is 14.0. The molecule has 2 amide bonds. The van der Waals surface area contributed by atoms with Gasteiger partial charge in [-0.3, -0.25) is 9.59 Å². The third kappa shape index (κ3) is 3.62. The summed E-state index contributed by atoms with van der Waals surface area (Å²) in [6, 6.07) is 17.9. The number of carbonyl (C=O) groups is 3. The minimum absolute atomic E-state index is 0.00414. The second kappa shape index (κ2) is 7.70. The number of para-hydroxylation sites is 1. The molecule has 1 heterocycles. The number of rotatable bonds is 4. The SMILES string of the molecule is O=C(OCc1ccc(Cl)c(Cl)c1)c1ccc2c(c1)C(=O)N(c1ccccc1)C2=O. The molecule has 0 fully saturated rings. The lowest BCUT2D eigenvalue weighted by molar-refractivity contribution is 0.0472. The number of imide groups is 1. The molecule has 0 spiro atoms. The van der Waals surface area contributed by atoms with Crippen molar-refractivity contribution in [2.24, 2.45) is 0 Å². The Morgan fingerprint density at radius 1 is 0.828 bits per heavy atom. The van der Waals surface area contributed by atoms with E-state index in [2.05, 4.69) is 0 Å². The maximum atomic E-state index is 12.8. The maximum absolute atomic E-state index is 12.8. The van der Waals surface area contributed by atoms with Crippen LogP contribution in [0.3, 0.4) is 0 Å². The van der Waals surface area contributed by atoms with Crippen LogP contribution in [0.4, 0.5) is 5.69 Å². The van der Waals surface area contributed by atoms with Gasteiger partial charge in [-0.15, -0.1) is 0 Å². The number of nitrogens with zero attached hydrogens (tertiary/aromatic N) is 1. The molecule has 0 aromatic heterocycles. The Bertz CT molecular complexity index is 1140. The summed E-state index contributed by atoms with van der Waals surface area (Å²) in [5.74, 6) is -1.51. The average molecular weight is 426 g/mol. The van der Waals surface area contributed by atoms with Gasteiger partial charge < -0.3 is 4.74 Å². The van der Waals surface area contributed by atoms with Gasteiger partial charge in [-0.25, -0.2) is 9.69 Å². The molecule has 7 heteroatoms. The predicted octanol–water partition coefficient (Wildman–Crippen LogP) is 5.15. The van der Waals surface area contributed by atoms with Crippen LogP contribution in [0.15, 0.2) is 66.7 Å². The van der Waals surface area contributed by atoms with Crippen LogP contribution < -0.4 is 4.90 Å². The monoisotopic (exact) mass is 425 g/mol. The van der Waals surface area contributed by atoms with E-state index < -0.39 is 17.8 Å². The van der Waals surface area contributed by atoms with E-state index in [4.69, 9.17) is 27.9 Å². The van der Waals surface area contributed by atoms with Gasteiger partial charge in [-0.2, -0.15) is 0 Å². The first-order valence-electron chi connectivity index (χ1n) is 8.64. The number of anilines is 1. The Morgan fingerprint density at radius 3 is 2.28 bits per heavy atom. The van der Waals surface area contributed by atoms with Gasteiger partial charge in [0.05, 0.1) is 32.4 Å². The zero-order valence-electron chi connectivity index (χ0n) is 14.9. The first kappa shape index (κ1) is 19.2. The van der Waals surface area contributed by atoms with Crippen molar-refractivity contribution in [3.63, 3.8) is 0 Å². The number of hydrogen-bond donors (Lipinski definition) is 0. The van der Waals surface area contributed by atoms with E-state index >= 15 is 0 Å². The van der Waals surface area contributed by atoms with Gasteiger partial charge in [0.1, 0.15) is 6.61 Å². The zero-order valence-corrected chi connectivity index (χ0v) is 16.4. The Hall–Kier alpha value is -3.15. The van der Waals surface area contributed by atoms with Crippen LogP contribution >= 0.6 is 23.2 Å². The van der Waals surface area contributed by atoms with Gasteiger partial charge in [0, 0.05) is 0 Å². The van der Waals surface area contributed by atoms with Gasteiger partial charge in [0.25, 0.3) is 11.8 Å². The Labute approximate surface area is 176 Å². The molecule has 0 atom stereocenters. The predicted molar refractivity (Wildman–Crippen MR) is 110 cm³/mol. The fourth-order valence-corrected chi connectivity index (χ4v) is 3.36. The van der Waals surface area contributed by atoms with Crippen LogP contribution in [-0.2, 0) is 11.3 Å². The summed E-state index contributed by atoms with van der Waals surface area (Å²) in [7, 11) is 0. The second-order valence-corrected chi connectivity index (χ2v) is 7.18. The highest BCUT2D eigenvalue weighted by Gasteiger charge is 2.37. The van der Waals surface area contributed by atoms with E-state index in [0.717, 1.165) is 4.90 Å². The van der Waals surface area contributed by atoms with Crippen LogP contribution in [0.2, 0.25) is 10.0 Å². The highest BCUT2D eigenvalue weighted by Crippen LogP contribution is 2.29. The van der Waals surface area contributed by atoms with Gasteiger partial charge in [-0.05, 0) is 48.0 Å². The molecule has 0 unspecified atom stereocenters. The van der Waals surface area contributed by atoms with E-state index in [0.29, 0.717) is 21.3 Å². The molecule has 5 nitrogen and oxygen atoms in total. The number of halogens is 2. The normalized spacial score (nSPS) is 12.8. The number of fused-ring (bicyclic) bond motifs is 1. The topological polar surface area (TPSA) is 63.7 Å². The standard InChI is InChI=1S/C22H13Cl2NO4/c23-18-9-6-13(10-19(18)24)12-29-22(28)14-7-8-16-17(11-14)21(27)25(20(16)26)15-4-2-1-3-5-15/h1-11H,12H2. The summed E-state index contributed by atoms with van der Waals surface area (Å²) in [6.45, 7) is -0.00414. The van der Waals surface area contributed by atoms with Gasteiger partial charge in [-0.1, -0.05) is 47.5 Å². The van der Waals surface area contributed by atoms with Crippen LogP contribution in [-0.4, -0.2) is 17.8 Å². The minimum Gasteiger partial charge on any atom is -0.457 e. The molecule has 0 saturated carbocycles. The fraction of sp³-hybridized carbons (Fsp3) is 0.0455.